The number of ether oxygens (including phenoxy) is 1. The first-order valence-electron chi connectivity index (χ1n) is 6.45. The Balaban J connectivity index is 2.35. The molecule has 0 aromatic heterocycles. The number of likely N-dealkylation sites (N-methyl/N-ethyl adjacent to an activating group) is 1. The number of rotatable bonds is 6. The van der Waals surface area contributed by atoms with Crippen molar-refractivity contribution in [2.75, 3.05) is 52.5 Å². The molecule has 5 nitrogen and oxygen atoms in total. The van der Waals surface area contributed by atoms with Crippen LogP contribution in [0.5, 0.6) is 0 Å². The highest BCUT2D eigenvalue weighted by molar-refractivity contribution is 5.78. The SMILES string of the molecule is CCN(CC(=O)N1CCOCC1)CC(C)CN. The summed E-state index contributed by atoms with van der Waals surface area (Å²) in [4.78, 5) is 16.1. The van der Waals surface area contributed by atoms with Gasteiger partial charge in [0.1, 0.15) is 0 Å². The smallest absolute Gasteiger partial charge is 0.236 e. The number of nitrogens with zero attached hydrogens (tertiary/aromatic N) is 2. The Morgan fingerprint density at radius 2 is 2.12 bits per heavy atom. The Bertz CT molecular complexity index is 230. The van der Waals surface area contributed by atoms with E-state index >= 15 is 0 Å². The molecular weight excluding hydrogens is 218 g/mol. The molecule has 17 heavy (non-hydrogen) atoms. The molecule has 1 aliphatic rings. The molecule has 1 fully saturated rings. The quantitative estimate of drug-likeness (QED) is 0.699. The van der Waals surface area contributed by atoms with Crippen molar-refractivity contribution in [3.63, 3.8) is 0 Å². The van der Waals surface area contributed by atoms with Crippen LogP contribution in [0, 0.1) is 5.92 Å². The first-order chi connectivity index (χ1) is 8.17. The highest BCUT2D eigenvalue weighted by Gasteiger charge is 2.19. The van der Waals surface area contributed by atoms with Gasteiger partial charge in [0, 0.05) is 19.6 Å². The van der Waals surface area contributed by atoms with Crippen LogP contribution in [0.25, 0.3) is 0 Å². The van der Waals surface area contributed by atoms with Crippen LogP contribution >= 0.6 is 0 Å². The van der Waals surface area contributed by atoms with Gasteiger partial charge < -0.3 is 15.4 Å². The van der Waals surface area contributed by atoms with Gasteiger partial charge in [0.05, 0.1) is 19.8 Å². The van der Waals surface area contributed by atoms with Crippen molar-refractivity contribution < 1.29 is 9.53 Å². The van der Waals surface area contributed by atoms with Crippen molar-refractivity contribution in [3.8, 4) is 0 Å². The van der Waals surface area contributed by atoms with Gasteiger partial charge in [-0.25, -0.2) is 0 Å². The van der Waals surface area contributed by atoms with Gasteiger partial charge in [0.15, 0.2) is 0 Å². The number of hydrogen-bond acceptors (Lipinski definition) is 4. The number of amides is 1. The zero-order valence-corrected chi connectivity index (χ0v) is 11.0. The Hall–Kier alpha value is -0.650. The summed E-state index contributed by atoms with van der Waals surface area (Å²) in [6, 6.07) is 0. The summed E-state index contributed by atoms with van der Waals surface area (Å²) in [5.41, 5.74) is 5.61. The Morgan fingerprint density at radius 3 is 2.65 bits per heavy atom. The maximum absolute atomic E-state index is 12.0. The van der Waals surface area contributed by atoms with Gasteiger partial charge in [-0.1, -0.05) is 13.8 Å². The zero-order chi connectivity index (χ0) is 12.7. The number of morpholine rings is 1. The molecule has 5 heteroatoms. The van der Waals surface area contributed by atoms with E-state index in [9.17, 15) is 4.79 Å². The fourth-order valence-electron chi connectivity index (χ4n) is 1.92. The van der Waals surface area contributed by atoms with E-state index in [1.807, 2.05) is 4.90 Å². The molecule has 0 bridgehead atoms. The lowest BCUT2D eigenvalue weighted by molar-refractivity contribution is -0.136. The second kappa shape index (κ2) is 7.63. The van der Waals surface area contributed by atoms with Crippen molar-refractivity contribution in [2.24, 2.45) is 11.7 Å². The number of carbonyl (C=O) groups excluding carboxylic acids is 1. The topological polar surface area (TPSA) is 58.8 Å². The van der Waals surface area contributed by atoms with Gasteiger partial charge in [0.25, 0.3) is 0 Å². The van der Waals surface area contributed by atoms with E-state index in [2.05, 4.69) is 18.7 Å². The number of nitrogens with two attached hydrogens (primary N) is 1. The van der Waals surface area contributed by atoms with Crippen LogP contribution in [0.15, 0.2) is 0 Å². The molecule has 2 N–H and O–H groups in total. The average molecular weight is 243 g/mol. The predicted octanol–water partition coefficient (Wildman–Crippen LogP) is -0.238. The van der Waals surface area contributed by atoms with Crippen LogP contribution in [-0.4, -0.2) is 68.2 Å². The van der Waals surface area contributed by atoms with Gasteiger partial charge in [-0.3, -0.25) is 9.69 Å². The summed E-state index contributed by atoms with van der Waals surface area (Å²) in [6.45, 7) is 9.92. The van der Waals surface area contributed by atoms with Crippen LogP contribution in [0.1, 0.15) is 13.8 Å². The second-order valence-electron chi connectivity index (χ2n) is 4.66. The standard InChI is InChI=1S/C12H25N3O2/c1-3-14(9-11(2)8-13)10-12(16)15-4-6-17-7-5-15/h11H,3-10,13H2,1-2H3. The highest BCUT2D eigenvalue weighted by atomic mass is 16.5. The fraction of sp³-hybridized carbons (Fsp3) is 0.917. The molecule has 1 heterocycles. The Labute approximate surface area is 104 Å². The maximum Gasteiger partial charge on any atom is 0.236 e. The van der Waals surface area contributed by atoms with Crippen molar-refractivity contribution in [1.29, 1.82) is 0 Å². The summed E-state index contributed by atoms with van der Waals surface area (Å²) < 4.78 is 5.24. The molecule has 1 aliphatic heterocycles. The second-order valence-corrected chi connectivity index (χ2v) is 4.66. The summed E-state index contributed by atoms with van der Waals surface area (Å²) in [6.07, 6.45) is 0. The summed E-state index contributed by atoms with van der Waals surface area (Å²) in [5.74, 6) is 0.645. The Morgan fingerprint density at radius 1 is 1.47 bits per heavy atom. The lowest BCUT2D eigenvalue weighted by Gasteiger charge is -2.30. The maximum atomic E-state index is 12.0. The van der Waals surface area contributed by atoms with E-state index < -0.39 is 0 Å². The first-order valence-corrected chi connectivity index (χ1v) is 6.45. The number of carbonyl (C=O) groups is 1. The van der Waals surface area contributed by atoms with E-state index in [1.54, 1.807) is 0 Å². The fourth-order valence-corrected chi connectivity index (χ4v) is 1.92. The summed E-state index contributed by atoms with van der Waals surface area (Å²) in [7, 11) is 0. The molecule has 1 atom stereocenters. The highest BCUT2D eigenvalue weighted by Crippen LogP contribution is 2.02. The van der Waals surface area contributed by atoms with Gasteiger partial charge in [-0.15, -0.1) is 0 Å². The van der Waals surface area contributed by atoms with E-state index in [-0.39, 0.29) is 5.91 Å². The minimum atomic E-state index is 0.208. The van der Waals surface area contributed by atoms with Crippen LogP contribution in [-0.2, 0) is 9.53 Å². The van der Waals surface area contributed by atoms with Crippen LogP contribution < -0.4 is 5.73 Å². The van der Waals surface area contributed by atoms with Gasteiger partial charge in [-0.05, 0) is 19.0 Å². The molecule has 100 valence electrons. The monoisotopic (exact) mass is 243 g/mol. The molecule has 1 rings (SSSR count). The molecule has 0 aromatic rings. The predicted molar refractivity (Wildman–Crippen MR) is 67.7 cm³/mol. The molecule has 0 aromatic carbocycles. The number of hydrogen-bond donors (Lipinski definition) is 1. The van der Waals surface area contributed by atoms with Crippen molar-refractivity contribution >= 4 is 5.91 Å². The van der Waals surface area contributed by atoms with Crippen LogP contribution in [0.2, 0.25) is 0 Å². The van der Waals surface area contributed by atoms with Crippen LogP contribution in [0.4, 0.5) is 0 Å². The van der Waals surface area contributed by atoms with Crippen molar-refractivity contribution in [3.05, 3.63) is 0 Å². The van der Waals surface area contributed by atoms with E-state index in [0.29, 0.717) is 32.2 Å². The molecule has 1 unspecified atom stereocenters. The van der Waals surface area contributed by atoms with Crippen molar-refractivity contribution in [1.82, 2.24) is 9.80 Å². The minimum absolute atomic E-state index is 0.208. The molecule has 1 saturated heterocycles. The lowest BCUT2D eigenvalue weighted by atomic mass is 10.1. The summed E-state index contributed by atoms with van der Waals surface area (Å²) >= 11 is 0. The third kappa shape index (κ3) is 5.02. The van der Waals surface area contributed by atoms with E-state index in [0.717, 1.165) is 26.2 Å². The Kier molecular flexibility index (Phi) is 6.47. The first kappa shape index (κ1) is 14.4. The third-order valence-electron chi connectivity index (χ3n) is 3.14. The molecule has 0 spiro atoms. The minimum Gasteiger partial charge on any atom is -0.378 e. The lowest BCUT2D eigenvalue weighted by Crippen LogP contribution is -2.46. The molecular formula is C12H25N3O2. The molecule has 0 saturated carbocycles. The van der Waals surface area contributed by atoms with Gasteiger partial charge in [0.2, 0.25) is 5.91 Å². The zero-order valence-electron chi connectivity index (χ0n) is 11.0. The summed E-state index contributed by atoms with van der Waals surface area (Å²) in [5, 5.41) is 0. The van der Waals surface area contributed by atoms with E-state index in [1.165, 1.54) is 0 Å². The van der Waals surface area contributed by atoms with Crippen molar-refractivity contribution in [2.45, 2.75) is 13.8 Å². The third-order valence-corrected chi connectivity index (χ3v) is 3.14. The van der Waals surface area contributed by atoms with E-state index in [4.69, 9.17) is 10.5 Å². The average Bonchev–Trinajstić information content (AvgIpc) is 2.38. The van der Waals surface area contributed by atoms with Gasteiger partial charge >= 0.3 is 0 Å². The van der Waals surface area contributed by atoms with Gasteiger partial charge in [-0.2, -0.15) is 0 Å². The normalized spacial score (nSPS) is 18.5. The molecule has 0 radical (unpaired) electrons. The van der Waals surface area contributed by atoms with Crippen LogP contribution in [0.3, 0.4) is 0 Å². The molecule has 0 aliphatic carbocycles. The molecule has 1 amide bonds. The largest absolute Gasteiger partial charge is 0.378 e.